The molecule has 0 aromatic heterocycles. The van der Waals surface area contributed by atoms with Crippen LogP contribution in [0.3, 0.4) is 0 Å². The van der Waals surface area contributed by atoms with Crippen molar-refractivity contribution in [3.8, 4) is 0 Å². The smallest absolute Gasteiger partial charge is 0.411 e. The van der Waals surface area contributed by atoms with E-state index in [9.17, 15) is 18.4 Å². The molecule has 1 heterocycles. The van der Waals surface area contributed by atoms with Gasteiger partial charge in [0, 0.05) is 5.92 Å². The number of aliphatic carboxylic acids is 1. The minimum atomic E-state index is -1.84. The second-order valence-electron chi connectivity index (χ2n) is 6.03. The Morgan fingerprint density at radius 2 is 1.84 bits per heavy atom. The number of carbonyl (C=O) groups excluding carboxylic acids is 1. The highest BCUT2D eigenvalue weighted by atomic mass is 19.2. The van der Waals surface area contributed by atoms with Gasteiger partial charge in [0.1, 0.15) is 17.8 Å². The van der Waals surface area contributed by atoms with E-state index < -0.39 is 48.0 Å². The van der Waals surface area contributed by atoms with Crippen LogP contribution < -0.4 is 0 Å². The molecule has 0 radical (unpaired) electrons. The third-order valence-corrected chi connectivity index (χ3v) is 3.51. The molecule has 19 heavy (non-hydrogen) atoms. The molecule has 5 nitrogen and oxygen atoms in total. The number of amides is 1. The van der Waals surface area contributed by atoms with E-state index in [1.165, 1.54) is 0 Å². The molecular weight excluding hydrogens is 260 g/mol. The lowest BCUT2D eigenvalue weighted by molar-refractivity contribution is -0.147. The fraction of sp³-hybridized carbons (Fsp3) is 0.833. The van der Waals surface area contributed by atoms with E-state index in [1.54, 1.807) is 20.8 Å². The number of fused-ring (bicyclic) bond motifs is 2. The van der Waals surface area contributed by atoms with Gasteiger partial charge in [-0.1, -0.05) is 0 Å². The zero-order valence-electron chi connectivity index (χ0n) is 11.0. The molecule has 2 rings (SSSR count). The van der Waals surface area contributed by atoms with Gasteiger partial charge in [-0.2, -0.15) is 0 Å². The van der Waals surface area contributed by atoms with E-state index in [0.29, 0.717) is 0 Å². The topological polar surface area (TPSA) is 66.8 Å². The van der Waals surface area contributed by atoms with Crippen LogP contribution in [0.4, 0.5) is 13.6 Å². The zero-order valence-corrected chi connectivity index (χ0v) is 11.0. The predicted molar refractivity (Wildman–Crippen MR) is 61.2 cm³/mol. The SMILES string of the molecule is CC(C)(C)OC(=O)N1[C@@H]2C[C@H]([C@@H](F)[C@H]2F)[C@H]1C(=O)O. The molecule has 1 aliphatic heterocycles. The molecule has 2 bridgehead atoms. The third-order valence-electron chi connectivity index (χ3n) is 3.51. The number of halogens is 2. The number of nitrogens with zero attached hydrogens (tertiary/aromatic N) is 1. The number of hydrogen-bond donors (Lipinski definition) is 1. The standard InChI is InChI=1S/C12H17F2NO4/c1-12(2,3)19-11(18)15-6-4-5(7(13)8(6)14)9(15)10(16)17/h5-9H,4H2,1-3H3,(H,16,17)/t5-,6-,7-,8+,9+/m1/s1. The average Bonchev–Trinajstić information content (AvgIpc) is 2.74. The minimum absolute atomic E-state index is 0.0263. The van der Waals surface area contributed by atoms with Crippen molar-refractivity contribution in [3.63, 3.8) is 0 Å². The first-order valence-electron chi connectivity index (χ1n) is 6.16. The first kappa shape index (κ1) is 14.0. The minimum Gasteiger partial charge on any atom is -0.480 e. The van der Waals surface area contributed by atoms with Crippen molar-refractivity contribution in [2.24, 2.45) is 5.92 Å². The second kappa shape index (κ2) is 4.31. The molecule has 0 spiro atoms. The van der Waals surface area contributed by atoms with E-state index in [1.807, 2.05) is 0 Å². The van der Waals surface area contributed by atoms with E-state index in [0.717, 1.165) is 4.90 Å². The fourth-order valence-electron chi connectivity index (χ4n) is 2.84. The Balaban J connectivity index is 2.23. The molecular formula is C12H17F2NO4. The predicted octanol–water partition coefficient (Wildman–Crippen LogP) is 1.76. The Kier molecular flexibility index (Phi) is 3.18. The summed E-state index contributed by atoms with van der Waals surface area (Å²) in [7, 11) is 0. The van der Waals surface area contributed by atoms with E-state index in [4.69, 9.17) is 9.84 Å². The Morgan fingerprint density at radius 3 is 2.32 bits per heavy atom. The van der Waals surface area contributed by atoms with Crippen molar-refractivity contribution < 1.29 is 28.2 Å². The Bertz CT molecular complexity index is 409. The summed E-state index contributed by atoms with van der Waals surface area (Å²) in [6.07, 6.45) is -4.54. The molecule has 2 aliphatic rings. The molecule has 7 heteroatoms. The van der Waals surface area contributed by atoms with E-state index in [-0.39, 0.29) is 6.42 Å². The van der Waals surface area contributed by atoms with Gasteiger partial charge in [0.2, 0.25) is 0 Å². The van der Waals surface area contributed by atoms with Crippen LogP contribution in [-0.2, 0) is 9.53 Å². The highest BCUT2D eigenvalue weighted by Crippen LogP contribution is 2.46. The number of hydrogen-bond acceptors (Lipinski definition) is 3. The molecule has 0 aromatic carbocycles. The van der Waals surface area contributed by atoms with Gasteiger partial charge in [0.25, 0.3) is 0 Å². The first-order valence-corrected chi connectivity index (χ1v) is 6.16. The normalized spacial score (nSPS) is 37.5. The number of carboxylic acid groups (broad SMARTS) is 1. The van der Waals surface area contributed by atoms with Crippen LogP contribution in [-0.4, -0.2) is 52.1 Å². The second-order valence-corrected chi connectivity index (χ2v) is 6.03. The maximum atomic E-state index is 13.7. The lowest BCUT2D eigenvalue weighted by atomic mass is 9.96. The average molecular weight is 277 g/mol. The number of piperidine rings is 1. The molecule has 0 unspecified atom stereocenters. The van der Waals surface area contributed by atoms with Crippen LogP contribution in [0, 0.1) is 5.92 Å². The number of carboxylic acids is 1. The van der Waals surface area contributed by atoms with Crippen LogP contribution in [0.15, 0.2) is 0 Å². The van der Waals surface area contributed by atoms with Crippen LogP contribution in [0.25, 0.3) is 0 Å². The quantitative estimate of drug-likeness (QED) is 0.793. The zero-order chi connectivity index (χ0) is 14.5. The Labute approximate surface area is 109 Å². The lowest BCUT2D eigenvalue weighted by Gasteiger charge is -2.36. The number of carbonyl (C=O) groups is 2. The van der Waals surface area contributed by atoms with Crippen molar-refractivity contribution in [3.05, 3.63) is 0 Å². The molecule has 108 valence electrons. The molecule has 1 saturated carbocycles. The lowest BCUT2D eigenvalue weighted by Crippen LogP contribution is -2.57. The maximum absolute atomic E-state index is 13.7. The van der Waals surface area contributed by atoms with Crippen LogP contribution in [0.1, 0.15) is 27.2 Å². The van der Waals surface area contributed by atoms with Gasteiger partial charge in [0.05, 0.1) is 6.04 Å². The van der Waals surface area contributed by atoms with Crippen molar-refractivity contribution in [2.75, 3.05) is 0 Å². The van der Waals surface area contributed by atoms with Crippen LogP contribution >= 0.6 is 0 Å². The summed E-state index contributed by atoms with van der Waals surface area (Å²) < 4.78 is 32.3. The molecule has 1 aliphatic carbocycles. The fourth-order valence-corrected chi connectivity index (χ4v) is 2.84. The van der Waals surface area contributed by atoms with Crippen molar-refractivity contribution >= 4 is 12.1 Å². The maximum Gasteiger partial charge on any atom is 0.411 e. The summed E-state index contributed by atoms with van der Waals surface area (Å²) in [5.74, 6) is -2.32. The Morgan fingerprint density at radius 1 is 1.26 bits per heavy atom. The monoisotopic (exact) mass is 277 g/mol. The number of rotatable bonds is 1. The van der Waals surface area contributed by atoms with Crippen LogP contribution in [0.2, 0.25) is 0 Å². The van der Waals surface area contributed by atoms with Crippen LogP contribution in [0.5, 0.6) is 0 Å². The van der Waals surface area contributed by atoms with Gasteiger partial charge in [-0.25, -0.2) is 18.4 Å². The van der Waals surface area contributed by atoms with Crippen molar-refractivity contribution in [2.45, 2.75) is 57.2 Å². The summed E-state index contributed by atoms with van der Waals surface area (Å²) in [4.78, 5) is 24.0. The third kappa shape index (κ3) is 2.26. The van der Waals surface area contributed by atoms with E-state index in [2.05, 4.69) is 0 Å². The molecule has 5 atom stereocenters. The Hall–Kier alpha value is -1.40. The molecule has 1 amide bonds. The summed E-state index contributed by atoms with van der Waals surface area (Å²) in [6.45, 7) is 4.87. The summed E-state index contributed by atoms with van der Waals surface area (Å²) >= 11 is 0. The van der Waals surface area contributed by atoms with Gasteiger partial charge in [-0.05, 0) is 27.2 Å². The summed E-state index contributed by atoms with van der Waals surface area (Å²) in [5.41, 5.74) is -0.817. The van der Waals surface area contributed by atoms with Gasteiger partial charge < -0.3 is 9.84 Å². The number of alkyl halides is 2. The first-order chi connectivity index (χ1) is 8.63. The molecule has 1 saturated heterocycles. The molecule has 0 aromatic rings. The van der Waals surface area contributed by atoms with Crippen molar-refractivity contribution in [1.29, 1.82) is 0 Å². The number of likely N-dealkylation sites (tertiary alicyclic amines) is 1. The van der Waals surface area contributed by atoms with E-state index >= 15 is 0 Å². The number of ether oxygens (including phenoxy) is 1. The van der Waals surface area contributed by atoms with Gasteiger partial charge in [-0.3, -0.25) is 4.90 Å². The van der Waals surface area contributed by atoms with Gasteiger partial charge in [0.15, 0.2) is 6.17 Å². The molecule has 2 fully saturated rings. The largest absolute Gasteiger partial charge is 0.480 e. The highest BCUT2D eigenvalue weighted by Gasteiger charge is 2.63. The summed E-state index contributed by atoms with van der Waals surface area (Å²) in [5, 5.41) is 9.12. The molecule has 1 N–H and O–H groups in total. The van der Waals surface area contributed by atoms with Gasteiger partial charge in [-0.15, -0.1) is 0 Å². The van der Waals surface area contributed by atoms with Gasteiger partial charge >= 0.3 is 12.1 Å². The van der Waals surface area contributed by atoms with Crippen molar-refractivity contribution in [1.82, 2.24) is 4.90 Å². The highest BCUT2D eigenvalue weighted by molar-refractivity contribution is 5.82. The summed E-state index contributed by atoms with van der Waals surface area (Å²) in [6, 6.07) is -2.39.